The van der Waals surface area contributed by atoms with E-state index in [0.29, 0.717) is 0 Å². The average Bonchev–Trinajstić information content (AvgIpc) is 2.94. The van der Waals surface area contributed by atoms with Crippen molar-refractivity contribution in [2.24, 2.45) is 17.8 Å². The van der Waals surface area contributed by atoms with Gasteiger partial charge in [0.15, 0.2) is 0 Å². The highest BCUT2D eigenvalue weighted by molar-refractivity contribution is 6.40. The molecule has 3 atom stereocenters. The molecule has 17 heavy (non-hydrogen) atoms. The second kappa shape index (κ2) is 9.78. The van der Waals surface area contributed by atoms with Crippen molar-refractivity contribution in [3.63, 3.8) is 0 Å². The number of rotatable bonds is 2. The molecule has 0 aromatic heterocycles. The van der Waals surface area contributed by atoms with Crippen LogP contribution in [0.3, 0.4) is 0 Å². The van der Waals surface area contributed by atoms with Crippen molar-refractivity contribution < 1.29 is 9.90 Å². The Balaban J connectivity index is 0.000000247. The number of fused-ring (bicyclic) bond motifs is 2. The SMILES string of the molecule is C1=CC2CCC1C2.CCC(C)C(=O)O.ClCCl. The third kappa shape index (κ3) is 7.67. The van der Waals surface area contributed by atoms with E-state index >= 15 is 0 Å². The number of allylic oxidation sites excluding steroid dienone is 2. The van der Waals surface area contributed by atoms with Gasteiger partial charge in [-0.25, -0.2) is 0 Å². The van der Waals surface area contributed by atoms with Gasteiger partial charge in [0.1, 0.15) is 0 Å². The summed E-state index contributed by atoms with van der Waals surface area (Å²) >= 11 is 9.53. The fourth-order valence-corrected chi connectivity index (χ4v) is 1.89. The van der Waals surface area contributed by atoms with E-state index in [1.54, 1.807) is 6.92 Å². The Labute approximate surface area is 114 Å². The van der Waals surface area contributed by atoms with Crippen LogP contribution in [0.2, 0.25) is 0 Å². The van der Waals surface area contributed by atoms with Crippen LogP contribution in [-0.4, -0.2) is 16.4 Å². The standard InChI is InChI=1S/C7H10.C5H10O2.CH2Cl2/c1-2-7-4-3-6(1)5-7;1-3-4(2)5(6)7;2-1-3/h1-2,6-7H,3-5H2;4H,3H2,1-2H3,(H,6,7);1H2. The first-order valence-electron chi connectivity index (χ1n) is 6.08. The Morgan fingerprint density at radius 1 is 1.35 bits per heavy atom. The molecule has 0 amide bonds. The zero-order valence-corrected chi connectivity index (χ0v) is 12.0. The summed E-state index contributed by atoms with van der Waals surface area (Å²) in [5.74, 6) is 1.09. The van der Waals surface area contributed by atoms with E-state index in [-0.39, 0.29) is 11.3 Å². The van der Waals surface area contributed by atoms with Crippen LogP contribution in [0.1, 0.15) is 39.5 Å². The lowest BCUT2D eigenvalue weighted by molar-refractivity contribution is -0.141. The zero-order valence-electron chi connectivity index (χ0n) is 10.5. The predicted octanol–water partition coefficient (Wildman–Crippen LogP) is 4.51. The number of carboxylic acids is 1. The first-order valence-corrected chi connectivity index (χ1v) is 7.15. The van der Waals surface area contributed by atoms with E-state index in [1.165, 1.54) is 19.3 Å². The molecule has 2 aliphatic rings. The largest absolute Gasteiger partial charge is 0.481 e. The third-order valence-corrected chi connectivity index (χ3v) is 3.20. The molecule has 0 heterocycles. The maximum Gasteiger partial charge on any atom is 0.306 e. The predicted molar refractivity (Wildman–Crippen MR) is 73.6 cm³/mol. The van der Waals surface area contributed by atoms with Crippen LogP contribution < -0.4 is 0 Å². The normalized spacial score (nSPS) is 25.4. The van der Waals surface area contributed by atoms with Crippen LogP contribution in [0, 0.1) is 17.8 Å². The van der Waals surface area contributed by atoms with Crippen LogP contribution in [0.25, 0.3) is 0 Å². The van der Waals surface area contributed by atoms with Gasteiger partial charge in [-0.2, -0.15) is 0 Å². The molecule has 0 aliphatic heterocycles. The second-order valence-corrected chi connectivity index (χ2v) is 5.27. The molecule has 0 radical (unpaired) electrons. The minimum absolute atomic E-state index is 0.181. The summed E-state index contributed by atoms with van der Waals surface area (Å²) in [6.07, 6.45) is 9.90. The molecule has 2 bridgehead atoms. The number of alkyl halides is 2. The van der Waals surface area contributed by atoms with Gasteiger partial charge >= 0.3 is 5.97 Å². The Morgan fingerprint density at radius 2 is 1.76 bits per heavy atom. The fraction of sp³-hybridized carbons (Fsp3) is 0.769. The van der Waals surface area contributed by atoms with Crippen molar-refractivity contribution >= 4 is 29.2 Å². The molecule has 0 spiro atoms. The van der Waals surface area contributed by atoms with Gasteiger partial charge in [-0.1, -0.05) is 26.0 Å². The van der Waals surface area contributed by atoms with Crippen molar-refractivity contribution in [1.82, 2.24) is 0 Å². The summed E-state index contributed by atoms with van der Waals surface area (Å²) < 4.78 is 0. The molecule has 0 aromatic rings. The van der Waals surface area contributed by atoms with E-state index in [1.807, 2.05) is 6.92 Å². The molecular weight excluding hydrogens is 259 g/mol. The van der Waals surface area contributed by atoms with Gasteiger partial charge < -0.3 is 5.11 Å². The highest BCUT2D eigenvalue weighted by Crippen LogP contribution is 2.38. The van der Waals surface area contributed by atoms with Crippen LogP contribution in [0.4, 0.5) is 0 Å². The molecule has 100 valence electrons. The quantitative estimate of drug-likeness (QED) is 0.597. The van der Waals surface area contributed by atoms with Gasteiger partial charge in [0.2, 0.25) is 0 Å². The summed E-state index contributed by atoms with van der Waals surface area (Å²) in [4.78, 5) is 9.93. The van der Waals surface area contributed by atoms with Crippen LogP contribution in [0.15, 0.2) is 12.2 Å². The van der Waals surface area contributed by atoms with Gasteiger partial charge in [-0.3, -0.25) is 4.79 Å². The topological polar surface area (TPSA) is 37.3 Å². The summed E-state index contributed by atoms with van der Waals surface area (Å²) in [5.41, 5.74) is 0. The molecule has 3 unspecified atom stereocenters. The summed E-state index contributed by atoms with van der Waals surface area (Å²) in [7, 11) is 0. The van der Waals surface area contributed by atoms with Gasteiger partial charge in [-0.05, 0) is 37.5 Å². The summed E-state index contributed by atoms with van der Waals surface area (Å²) in [6.45, 7) is 3.56. The number of hydrogen-bond donors (Lipinski definition) is 1. The molecule has 2 aliphatic carbocycles. The molecular formula is C13H22Cl2O2. The molecule has 4 heteroatoms. The van der Waals surface area contributed by atoms with Crippen molar-refractivity contribution in [3.05, 3.63) is 12.2 Å². The monoisotopic (exact) mass is 280 g/mol. The molecule has 1 N–H and O–H groups in total. The average molecular weight is 281 g/mol. The number of hydrogen-bond acceptors (Lipinski definition) is 1. The van der Waals surface area contributed by atoms with Crippen molar-refractivity contribution in [1.29, 1.82) is 0 Å². The van der Waals surface area contributed by atoms with E-state index in [9.17, 15) is 4.79 Å². The van der Waals surface area contributed by atoms with E-state index in [0.717, 1.165) is 18.3 Å². The molecule has 0 aromatic carbocycles. The first-order chi connectivity index (χ1) is 8.04. The Bertz CT molecular complexity index is 230. The minimum atomic E-state index is -0.706. The molecule has 2 nitrogen and oxygen atoms in total. The van der Waals surface area contributed by atoms with Crippen LogP contribution >= 0.6 is 23.2 Å². The highest BCUT2D eigenvalue weighted by Gasteiger charge is 2.25. The maximum absolute atomic E-state index is 9.93. The maximum atomic E-state index is 9.93. The number of carbonyl (C=O) groups is 1. The minimum Gasteiger partial charge on any atom is -0.481 e. The summed E-state index contributed by atoms with van der Waals surface area (Å²) in [6, 6.07) is 0. The number of halogens is 2. The van der Waals surface area contributed by atoms with Gasteiger partial charge in [0, 0.05) is 0 Å². The molecule has 1 fully saturated rings. The van der Waals surface area contributed by atoms with Gasteiger partial charge in [0.25, 0.3) is 0 Å². The van der Waals surface area contributed by atoms with Gasteiger partial charge in [-0.15, -0.1) is 23.2 Å². The zero-order chi connectivity index (χ0) is 13.3. The molecule has 0 saturated heterocycles. The molecule has 2 rings (SSSR count). The van der Waals surface area contributed by atoms with Crippen LogP contribution in [0.5, 0.6) is 0 Å². The van der Waals surface area contributed by atoms with Crippen molar-refractivity contribution in [2.45, 2.75) is 39.5 Å². The Kier molecular flexibility index (Phi) is 9.66. The highest BCUT2D eigenvalue weighted by atomic mass is 35.5. The fourth-order valence-electron chi connectivity index (χ4n) is 1.89. The lowest BCUT2D eigenvalue weighted by Crippen LogP contribution is -2.06. The number of carboxylic acid groups (broad SMARTS) is 1. The summed E-state index contributed by atoms with van der Waals surface area (Å²) in [5, 5.41) is 8.38. The van der Waals surface area contributed by atoms with Crippen LogP contribution in [-0.2, 0) is 4.79 Å². The Morgan fingerprint density at radius 3 is 1.82 bits per heavy atom. The first kappa shape index (κ1) is 16.8. The van der Waals surface area contributed by atoms with E-state index in [4.69, 9.17) is 28.3 Å². The Hall–Kier alpha value is -0.210. The van der Waals surface area contributed by atoms with Gasteiger partial charge in [0.05, 0.1) is 11.3 Å². The number of aliphatic carboxylic acids is 1. The van der Waals surface area contributed by atoms with E-state index in [2.05, 4.69) is 12.2 Å². The van der Waals surface area contributed by atoms with E-state index < -0.39 is 5.97 Å². The second-order valence-electron chi connectivity index (χ2n) is 4.47. The third-order valence-electron chi connectivity index (χ3n) is 3.20. The van der Waals surface area contributed by atoms with Crippen molar-refractivity contribution in [3.8, 4) is 0 Å². The smallest absolute Gasteiger partial charge is 0.306 e. The lowest BCUT2D eigenvalue weighted by atomic mass is 10.1. The lowest BCUT2D eigenvalue weighted by Gasteiger charge is -1.96. The molecule has 1 saturated carbocycles. The van der Waals surface area contributed by atoms with Crippen molar-refractivity contribution in [2.75, 3.05) is 5.34 Å².